The van der Waals surface area contributed by atoms with Crippen molar-refractivity contribution in [2.45, 2.75) is 19.4 Å². The molecule has 0 saturated carbocycles. The van der Waals surface area contributed by atoms with Gasteiger partial charge in [0.15, 0.2) is 0 Å². The van der Waals surface area contributed by atoms with Crippen LogP contribution in [0.5, 0.6) is 0 Å². The maximum absolute atomic E-state index is 10.7. The molecule has 0 aliphatic rings. The number of aromatic nitrogens is 2. The predicted octanol–water partition coefficient (Wildman–Crippen LogP) is 0.636. The zero-order chi connectivity index (χ0) is 8.81. The summed E-state index contributed by atoms with van der Waals surface area (Å²) < 4.78 is 6.23. The summed E-state index contributed by atoms with van der Waals surface area (Å²) in [5.41, 5.74) is 0. The summed E-state index contributed by atoms with van der Waals surface area (Å²) in [4.78, 5) is 10.7. The molecular formula is C8H11N2O2. The van der Waals surface area contributed by atoms with Gasteiger partial charge in [-0.05, 0) is 6.42 Å². The molecule has 0 spiro atoms. The van der Waals surface area contributed by atoms with Crippen LogP contribution in [0.25, 0.3) is 0 Å². The Labute approximate surface area is 71.1 Å². The number of ether oxygens (including phenoxy) is 1. The number of methoxy groups -OCH3 is 1. The molecule has 1 radical (unpaired) electrons. The van der Waals surface area contributed by atoms with Crippen LogP contribution in [0, 0.1) is 6.07 Å². The second-order valence-electron chi connectivity index (χ2n) is 2.38. The number of nitrogens with zero attached hydrogens (tertiary/aromatic N) is 2. The molecule has 0 aromatic carbocycles. The van der Waals surface area contributed by atoms with Gasteiger partial charge in [-0.2, -0.15) is 5.10 Å². The van der Waals surface area contributed by atoms with Crippen molar-refractivity contribution in [3.8, 4) is 0 Å². The van der Waals surface area contributed by atoms with Gasteiger partial charge in [0.05, 0.1) is 13.3 Å². The molecule has 0 saturated heterocycles. The number of esters is 1. The maximum Gasteiger partial charge on any atom is 0.305 e. The Hall–Kier alpha value is -1.32. The van der Waals surface area contributed by atoms with Crippen LogP contribution in [0.15, 0.2) is 12.4 Å². The summed E-state index contributed by atoms with van der Waals surface area (Å²) in [5.74, 6) is -0.175. The summed E-state index contributed by atoms with van der Waals surface area (Å²) in [5, 5.41) is 3.95. The van der Waals surface area contributed by atoms with Gasteiger partial charge >= 0.3 is 5.97 Å². The minimum Gasteiger partial charge on any atom is -0.469 e. The largest absolute Gasteiger partial charge is 0.469 e. The van der Waals surface area contributed by atoms with Crippen molar-refractivity contribution in [3.05, 3.63) is 18.5 Å². The van der Waals surface area contributed by atoms with Crippen LogP contribution in [0.2, 0.25) is 0 Å². The molecule has 1 heterocycles. The number of carbonyl (C=O) groups is 1. The minimum atomic E-state index is -0.175. The Balaban J connectivity index is 2.15. The molecule has 0 fully saturated rings. The van der Waals surface area contributed by atoms with Gasteiger partial charge in [0.2, 0.25) is 0 Å². The van der Waals surface area contributed by atoms with Gasteiger partial charge in [0, 0.05) is 25.2 Å². The van der Waals surface area contributed by atoms with Crippen molar-refractivity contribution in [3.63, 3.8) is 0 Å². The third-order valence-electron chi connectivity index (χ3n) is 1.50. The van der Waals surface area contributed by atoms with Crippen LogP contribution in [0.3, 0.4) is 0 Å². The topological polar surface area (TPSA) is 44.1 Å². The van der Waals surface area contributed by atoms with E-state index in [0.29, 0.717) is 6.42 Å². The molecule has 0 bridgehead atoms. The van der Waals surface area contributed by atoms with Crippen LogP contribution in [-0.4, -0.2) is 22.9 Å². The van der Waals surface area contributed by atoms with Crippen LogP contribution in [-0.2, 0) is 16.1 Å². The fraction of sp³-hybridized carbons (Fsp3) is 0.500. The fourth-order valence-corrected chi connectivity index (χ4v) is 0.870. The van der Waals surface area contributed by atoms with Gasteiger partial charge < -0.3 is 4.74 Å². The molecular weight excluding hydrogens is 156 g/mol. The molecule has 1 aromatic rings. The number of hydrogen-bond donors (Lipinski definition) is 0. The van der Waals surface area contributed by atoms with Crippen molar-refractivity contribution < 1.29 is 9.53 Å². The monoisotopic (exact) mass is 167 g/mol. The summed E-state index contributed by atoms with van der Waals surface area (Å²) >= 11 is 0. The van der Waals surface area contributed by atoms with E-state index in [1.54, 1.807) is 17.1 Å². The fourth-order valence-electron chi connectivity index (χ4n) is 0.870. The van der Waals surface area contributed by atoms with Gasteiger partial charge in [0.1, 0.15) is 0 Å². The molecule has 0 N–H and O–H groups in total. The van der Waals surface area contributed by atoms with E-state index in [2.05, 4.69) is 15.9 Å². The molecule has 1 rings (SSSR count). The van der Waals surface area contributed by atoms with E-state index in [0.717, 1.165) is 13.0 Å². The number of hydrogen-bond acceptors (Lipinski definition) is 3. The Morgan fingerprint density at radius 2 is 2.58 bits per heavy atom. The molecule has 4 heteroatoms. The standard InChI is InChI=1S/C8H11N2O2/c1-12-8(11)4-2-6-10-7-3-5-9-10/h5,7H,2,4,6H2,1H3. The van der Waals surface area contributed by atoms with Crippen molar-refractivity contribution in [1.29, 1.82) is 0 Å². The predicted molar refractivity (Wildman–Crippen MR) is 42.3 cm³/mol. The molecule has 4 nitrogen and oxygen atoms in total. The lowest BCUT2D eigenvalue weighted by molar-refractivity contribution is -0.140. The van der Waals surface area contributed by atoms with E-state index in [1.807, 2.05) is 0 Å². The highest BCUT2D eigenvalue weighted by Crippen LogP contribution is 1.95. The zero-order valence-electron chi connectivity index (χ0n) is 6.99. The number of aryl methyl sites for hydroxylation is 1. The van der Waals surface area contributed by atoms with Crippen LogP contribution >= 0.6 is 0 Å². The summed E-state index contributed by atoms with van der Waals surface area (Å²) in [7, 11) is 1.39. The Kier molecular flexibility index (Phi) is 3.32. The van der Waals surface area contributed by atoms with Crippen LogP contribution < -0.4 is 0 Å². The molecule has 0 unspecified atom stereocenters. The maximum atomic E-state index is 10.7. The minimum absolute atomic E-state index is 0.175. The van der Waals surface area contributed by atoms with Crippen molar-refractivity contribution in [1.82, 2.24) is 9.78 Å². The Morgan fingerprint density at radius 1 is 1.75 bits per heavy atom. The van der Waals surface area contributed by atoms with E-state index in [1.165, 1.54) is 7.11 Å². The smallest absolute Gasteiger partial charge is 0.305 e. The van der Waals surface area contributed by atoms with Crippen molar-refractivity contribution >= 4 is 5.97 Å². The summed E-state index contributed by atoms with van der Waals surface area (Å²) in [6.07, 6.45) is 4.54. The van der Waals surface area contributed by atoms with E-state index >= 15 is 0 Å². The van der Waals surface area contributed by atoms with E-state index < -0.39 is 0 Å². The average molecular weight is 167 g/mol. The van der Waals surface area contributed by atoms with Crippen molar-refractivity contribution in [2.24, 2.45) is 0 Å². The molecule has 1 aromatic heterocycles. The van der Waals surface area contributed by atoms with Gasteiger partial charge in [-0.15, -0.1) is 0 Å². The van der Waals surface area contributed by atoms with Crippen LogP contribution in [0.1, 0.15) is 12.8 Å². The molecule has 0 atom stereocenters. The number of rotatable bonds is 4. The summed E-state index contributed by atoms with van der Waals surface area (Å²) in [6.45, 7) is 0.735. The third kappa shape index (κ3) is 2.74. The molecule has 65 valence electrons. The lowest BCUT2D eigenvalue weighted by atomic mass is 10.3. The quantitative estimate of drug-likeness (QED) is 0.618. The van der Waals surface area contributed by atoms with Crippen molar-refractivity contribution in [2.75, 3.05) is 7.11 Å². The van der Waals surface area contributed by atoms with Crippen LogP contribution in [0.4, 0.5) is 0 Å². The Bertz CT molecular complexity index is 231. The summed E-state index contributed by atoms with van der Waals surface area (Å²) in [6, 6.07) is 2.82. The van der Waals surface area contributed by atoms with Gasteiger partial charge in [-0.25, -0.2) is 0 Å². The SMILES string of the molecule is COC(=O)CCCn1c[c]cn1. The first-order valence-corrected chi connectivity index (χ1v) is 3.78. The second-order valence-corrected chi connectivity index (χ2v) is 2.38. The second kappa shape index (κ2) is 4.54. The molecule has 12 heavy (non-hydrogen) atoms. The highest BCUT2D eigenvalue weighted by atomic mass is 16.5. The van der Waals surface area contributed by atoms with Gasteiger partial charge in [0.25, 0.3) is 0 Å². The first kappa shape index (κ1) is 8.77. The van der Waals surface area contributed by atoms with Gasteiger partial charge in [-0.1, -0.05) is 0 Å². The van der Waals surface area contributed by atoms with E-state index in [9.17, 15) is 4.79 Å². The lowest BCUT2D eigenvalue weighted by Gasteiger charge is -1.99. The molecule has 0 aliphatic heterocycles. The molecule has 0 amide bonds. The first-order chi connectivity index (χ1) is 5.83. The van der Waals surface area contributed by atoms with Gasteiger partial charge in [-0.3, -0.25) is 9.48 Å². The first-order valence-electron chi connectivity index (χ1n) is 3.78. The van der Waals surface area contributed by atoms with E-state index in [4.69, 9.17) is 0 Å². The average Bonchev–Trinajstić information content (AvgIpc) is 2.57. The lowest BCUT2D eigenvalue weighted by Crippen LogP contribution is -2.04. The number of carbonyl (C=O) groups excluding carboxylic acids is 1. The zero-order valence-corrected chi connectivity index (χ0v) is 6.99. The molecule has 0 aliphatic carbocycles. The third-order valence-corrected chi connectivity index (χ3v) is 1.50. The highest BCUT2D eigenvalue weighted by molar-refractivity contribution is 5.68. The van der Waals surface area contributed by atoms with E-state index in [-0.39, 0.29) is 5.97 Å². The highest BCUT2D eigenvalue weighted by Gasteiger charge is 1.99. The normalized spacial score (nSPS) is 9.75. The Morgan fingerprint density at radius 3 is 3.17 bits per heavy atom.